The molecule has 0 amide bonds. The number of hydrogen-bond acceptors (Lipinski definition) is 2. The third kappa shape index (κ3) is 2.95. The first-order valence-electron chi connectivity index (χ1n) is 3.73. The van der Waals surface area contributed by atoms with Crippen molar-refractivity contribution in [2.24, 2.45) is 0 Å². The van der Waals surface area contributed by atoms with Gasteiger partial charge in [0, 0.05) is 20.9 Å². The molecular weight excluding hydrogens is 347 g/mol. The van der Waals surface area contributed by atoms with Crippen molar-refractivity contribution >= 4 is 44.3 Å². The van der Waals surface area contributed by atoms with Gasteiger partial charge in [-0.1, -0.05) is 15.9 Å². The topological polar surface area (TPSA) is 37.3 Å². The molecule has 13 heavy (non-hydrogen) atoms. The molecule has 0 radical (unpaired) electrons. The predicted molar refractivity (Wildman–Crippen MR) is 63.6 cm³/mol. The molecule has 0 fully saturated rings. The molecule has 0 bridgehead atoms. The van der Waals surface area contributed by atoms with Crippen molar-refractivity contribution in [2.45, 2.75) is 6.42 Å². The van der Waals surface area contributed by atoms with Crippen LogP contribution in [0.5, 0.6) is 5.75 Å². The molecule has 0 aliphatic heterocycles. The molecule has 0 heterocycles. The Morgan fingerprint density at radius 2 is 2.23 bits per heavy atom. The number of phenolic OH excluding ortho intramolecular Hbond substituents is 1. The van der Waals surface area contributed by atoms with Crippen molar-refractivity contribution in [3.05, 3.63) is 27.3 Å². The van der Waals surface area contributed by atoms with E-state index in [0.29, 0.717) is 17.3 Å². The Hall–Kier alpha value is -0.100. The van der Waals surface area contributed by atoms with Gasteiger partial charge >= 0.3 is 0 Å². The lowest BCUT2D eigenvalue weighted by Gasteiger charge is -2.02. The summed E-state index contributed by atoms with van der Waals surface area (Å²) in [4.78, 5) is 11.5. The quantitative estimate of drug-likeness (QED) is 0.514. The molecule has 0 aliphatic carbocycles. The van der Waals surface area contributed by atoms with Gasteiger partial charge in [0.05, 0.1) is 0 Å². The number of ketones is 1. The van der Waals surface area contributed by atoms with Gasteiger partial charge in [-0.25, -0.2) is 0 Å². The van der Waals surface area contributed by atoms with Crippen molar-refractivity contribution in [1.29, 1.82) is 0 Å². The van der Waals surface area contributed by atoms with Crippen LogP contribution in [0.2, 0.25) is 0 Å². The largest absolute Gasteiger partial charge is 0.508 e. The highest BCUT2D eigenvalue weighted by atomic mass is 127. The van der Waals surface area contributed by atoms with Crippen molar-refractivity contribution in [1.82, 2.24) is 0 Å². The van der Waals surface area contributed by atoms with Crippen molar-refractivity contribution in [2.75, 3.05) is 5.33 Å². The number of carbonyl (C=O) groups excluding carboxylic acids is 1. The lowest BCUT2D eigenvalue weighted by molar-refractivity contribution is 0.0989. The molecule has 0 aromatic heterocycles. The lowest BCUT2D eigenvalue weighted by atomic mass is 10.1. The summed E-state index contributed by atoms with van der Waals surface area (Å²) in [6.07, 6.45) is 0.487. The van der Waals surface area contributed by atoms with Crippen LogP contribution in [-0.4, -0.2) is 16.2 Å². The van der Waals surface area contributed by atoms with Gasteiger partial charge in [0.2, 0.25) is 0 Å². The average molecular weight is 355 g/mol. The minimum atomic E-state index is 0.0984. The maximum atomic E-state index is 11.5. The summed E-state index contributed by atoms with van der Waals surface area (Å²) in [6.45, 7) is 0. The molecule has 0 atom stereocenters. The number of halogens is 2. The van der Waals surface area contributed by atoms with E-state index in [4.69, 9.17) is 5.11 Å². The molecule has 0 unspecified atom stereocenters. The second-order valence-electron chi connectivity index (χ2n) is 2.53. The monoisotopic (exact) mass is 354 g/mol. The Kier molecular flexibility index (Phi) is 4.18. The zero-order chi connectivity index (χ0) is 9.84. The number of phenols is 1. The molecule has 4 heteroatoms. The summed E-state index contributed by atoms with van der Waals surface area (Å²) in [7, 11) is 0. The van der Waals surface area contributed by atoms with Crippen molar-refractivity contribution < 1.29 is 9.90 Å². The van der Waals surface area contributed by atoms with Crippen molar-refractivity contribution in [3.63, 3.8) is 0 Å². The van der Waals surface area contributed by atoms with Gasteiger partial charge in [0.15, 0.2) is 5.78 Å². The Morgan fingerprint density at radius 1 is 1.54 bits per heavy atom. The van der Waals surface area contributed by atoms with Gasteiger partial charge in [-0.15, -0.1) is 0 Å². The fourth-order valence-electron chi connectivity index (χ4n) is 0.951. The van der Waals surface area contributed by atoms with E-state index in [2.05, 4.69) is 15.9 Å². The normalized spacial score (nSPS) is 10.0. The standard InChI is InChI=1S/C9H8BrIO2/c10-4-3-9(13)7-2-1-6(12)5-8(7)11/h1-2,5,12H,3-4H2. The van der Waals surface area contributed by atoms with Crippen LogP contribution in [0.1, 0.15) is 16.8 Å². The van der Waals surface area contributed by atoms with E-state index in [0.717, 1.165) is 3.57 Å². The van der Waals surface area contributed by atoms with E-state index in [1.165, 1.54) is 6.07 Å². The van der Waals surface area contributed by atoms with Crippen LogP contribution >= 0.6 is 38.5 Å². The van der Waals surface area contributed by atoms with Crippen molar-refractivity contribution in [3.8, 4) is 5.75 Å². The van der Waals surface area contributed by atoms with Crippen LogP contribution in [0.25, 0.3) is 0 Å². The smallest absolute Gasteiger partial charge is 0.164 e. The van der Waals surface area contributed by atoms with Gasteiger partial charge in [-0.3, -0.25) is 4.79 Å². The number of hydrogen-bond donors (Lipinski definition) is 1. The van der Waals surface area contributed by atoms with Crippen LogP contribution in [0.3, 0.4) is 0 Å². The number of rotatable bonds is 3. The lowest BCUT2D eigenvalue weighted by Crippen LogP contribution is -2.01. The van der Waals surface area contributed by atoms with Crippen LogP contribution in [0, 0.1) is 3.57 Å². The number of Topliss-reactive ketones (excluding diaryl/α,β-unsaturated/α-hetero) is 1. The highest BCUT2D eigenvalue weighted by Gasteiger charge is 2.08. The zero-order valence-electron chi connectivity index (χ0n) is 6.76. The van der Waals surface area contributed by atoms with Gasteiger partial charge in [0.1, 0.15) is 5.75 Å². The number of benzene rings is 1. The van der Waals surface area contributed by atoms with Gasteiger partial charge in [0.25, 0.3) is 0 Å². The van der Waals surface area contributed by atoms with Crippen LogP contribution in [0.4, 0.5) is 0 Å². The van der Waals surface area contributed by atoms with E-state index in [1.807, 2.05) is 22.6 Å². The third-order valence-corrected chi connectivity index (χ3v) is 2.86. The number of aromatic hydroxyl groups is 1. The first-order valence-corrected chi connectivity index (χ1v) is 5.93. The highest BCUT2D eigenvalue weighted by Crippen LogP contribution is 2.19. The third-order valence-electron chi connectivity index (χ3n) is 1.57. The molecule has 70 valence electrons. The van der Waals surface area contributed by atoms with Gasteiger partial charge in [-0.2, -0.15) is 0 Å². The second kappa shape index (κ2) is 4.95. The van der Waals surface area contributed by atoms with Crippen LogP contribution in [-0.2, 0) is 0 Å². The predicted octanol–water partition coefficient (Wildman–Crippen LogP) is 2.96. The van der Waals surface area contributed by atoms with E-state index in [-0.39, 0.29) is 11.5 Å². The van der Waals surface area contributed by atoms with E-state index >= 15 is 0 Å². The second-order valence-corrected chi connectivity index (χ2v) is 4.48. The summed E-state index contributed by atoms with van der Waals surface area (Å²) in [5.74, 6) is 0.293. The minimum Gasteiger partial charge on any atom is -0.508 e. The van der Waals surface area contributed by atoms with Gasteiger partial charge in [-0.05, 0) is 40.8 Å². The Bertz CT molecular complexity index is 325. The first-order chi connectivity index (χ1) is 6.15. The molecule has 0 saturated carbocycles. The minimum absolute atomic E-state index is 0.0984. The van der Waals surface area contributed by atoms with Crippen LogP contribution in [0.15, 0.2) is 18.2 Å². The van der Waals surface area contributed by atoms with E-state index in [9.17, 15) is 4.79 Å². The molecule has 1 N–H and O–H groups in total. The molecule has 0 spiro atoms. The highest BCUT2D eigenvalue weighted by molar-refractivity contribution is 14.1. The molecule has 0 saturated heterocycles. The molecule has 0 aliphatic rings. The fourth-order valence-corrected chi connectivity index (χ4v) is 2.11. The average Bonchev–Trinajstić information content (AvgIpc) is 2.04. The maximum absolute atomic E-state index is 11.5. The SMILES string of the molecule is O=C(CCBr)c1ccc(O)cc1I. The summed E-state index contributed by atoms with van der Waals surface area (Å²) < 4.78 is 0.795. The molecule has 2 nitrogen and oxygen atoms in total. The summed E-state index contributed by atoms with van der Waals surface area (Å²) in [5, 5.41) is 9.79. The number of alkyl halides is 1. The van der Waals surface area contributed by atoms with Crippen LogP contribution < -0.4 is 0 Å². The van der Waals surface area contributed by atoms with E-state index < -0.39 is 0 Å². The molecular formula is C9H8BrIO2. The summed E-state index contributed by atoms with van der Waals surface area (Å²) in [5.41, 5.74) is 0.679. The molecule has 1 aromatic rings. The Morgan fingerprint density at radius 3 is 2.77 bits per heavy atom. The Labute approximate surface area is 98.6 Å². The fraction of sp³-hybridized carbons (Fsp3) is 0.222. The van der Waals surface area contributed by atoms with Gasteiger partial charge < -0.3 is 5.11 Å². The molecule has 1 rings (SSSR count). The molecule has 1 aromatic carbocycles. The summed E-state index contributed by atoms with van der Waals surface area (Å²) >= 11 is 5.26. The van der Waals surface area contributed by atoms with E-state index in [1.54, 1.807) is 12.1 Å². The summed E-state index contributed by atoms with van der Waals surface area (Å²) in [6, 6.07) is 4.77. The first kappa shape index (κ1) is 11.0. The number of carbonyl (C=O) groups is 1. The Balaban J connectivity index is 2.95. The maximum Gasteiger partial charge on any atom is 0.164 e. The zero-order valence-corrected chi connectivity index (χ0v) is 10.5.